The summed E-state index contributed by atoms with van der Waals surface area (Å²) in [5, 5.41) is 0. The largest absolute Gasteiger partial charge is 0.485 e. The van der Waals surface area contributed by atoms with Crippen LogP contribution in [-0.2, 0) is 6.61 Å². The maximum atomic E-state index is 10.9. The van der Waals surface area contributed by atoms with Crippen molar-refractivity contribution in [3.63, 3.8) is 0 Å². The third kappa shape index (κ3) is 2.91. The van der Waals surface area contributed by atoms with Gasteiger partial charge in [0.05, 0.1) is 5.69 Å². The lowest BCUT2D eigenvalue weighted by atomic mass is 10.3. The number of pyridine rings is 2. The molecular formula is C14H14N2O2. The average Bonchev–Trinajstić information content (AvgIpc) is 2.37. The van der Waals surface area contributed by atoms with Crippen LogP contribution >= 0.6 is 0 Å². The van der Waals surface area contributed by atoms with Gasteiger partial charge in [0.25, 0.3) is 0 Å². The predicted molar refractivity (Wildman–Crippen MR) is 67.7 cm³/mol. The minimum absolute atomic E-state index is 0.322. The summed E-state index contributed by atoms with van der Waals surface area (Å²) in [6.45, 7) is 4.08. The number of nitrogens with zero attached hydrogens (tertiary/aromatic N) is 2. The molecule has 92 valence electrons. The van der Waals surface area contributed by atoms with Crippen LogP contribution < -0.4 is 4.74 Å². The quantitative estimate of drug-likeness (QED) is 0.773. The van der Waals surface area contributed by atoms with Gasteiger partial charge >= 0.3 is 0 Å². The molecule has 0 saturated carbocycles. The number of rotatable bonds is 4. The highest BCUT2D eigenvalue weighted by Crippen LogP contribution is 2.16. The van der Waals surface area contributed by atoms with Crippen molar-refractivity contribution in [1.82, 2.24) is 9.97 Å². The Morgan fingerprint density at radius 2 is 1.89 bits per heavy atom. The molecule has 0 aliphatic heterocycles. The zero-order valence-electron chi connectivity index (χ0n) is 10.4. The van der Waals surface area contributed by atoms with Crippen molar-refractivity contribution in [3.05, 3.63) is 53.1 Å². The molecule has 2 rings (SSSR count). The van der Waals surface area contributed by atoms with Gasteiger partial charge in [-0.25, -0.2) is 4.98 Å². The van der Waals surface area contributed by atoms with Gasteiger partial charge in [-0.05, 0) is 38.1 Å². The molecular weight excluding hydrogens is 228 g/mol. The molecule has 0 spiro atoms. The number of ether oxygens (including phenoxy) is 1. The maximum Gasteiger partial charge on any atom is 0.172 e. The fourth-order valence-electron chi connectivity index (χ4n) is 1.60. The Labute approximate surface area is 106 Å². The van der Waals surface area contributed by atoms with Crippen molar-refractivity contribution in [2.45, 2.75) is 20.5 Å². The van der Waals surface area contributed by atoms with Crippen molar-refractivity contribution < 1.29 is 9.53 Å². The zero-order valence-corrected chi connectivity index (χ0v) is 10.4. The molecule has 0 amide bonds. The number of aryl methyl sites for hydroxylation is 2. The molecule has 18 heavy (non-hydrogen) atoms. The molecule has 2 aromatic heterocycles. The zero-order chi connectivity index (χ0) is 13.0. The van der Waals surface area contributed by atoms with Gasteiger partial charge in [-0.15, -0.1) is 0 Å². The van der Waals surface area contributed by atoms with E-state index in [1.807, 2.05) is 38.1 Å². The summed E-state index contributed by atoms with van der Waals surface area (Å²) in [6, 6.07) is 9.30. The number of aromatic nitrogens is 2. The normalized spacial score (nSPS) is 10.1. The highest BCUT2D eigenvalue weighted by atomic mass is 16.5. The lowest BCUT2D eigenvalue weighted by molar-refractivity contribution is 0.111. The SMILES string of the molecule is Cc1cccc(COc2ccc(C)nc2C=O)n1. The summed E-state index contributed by atoms with van der Waals surface area (Å²) in [4.78, 5) is 19.3. The van der Waals surface area contributed by atoms with E-state index in [4.69, 9.17) is 4.74 Å². The molecule has 0 aliphatic rings. The van der Waals surface area contributed by atoms with Crippen molar-refractivity contribution >= 4 is 6.29 Å². The van der Waals surface area contributed by atoms with Crippen LogP contribution in [0.4, 0.5) is 0 Å². The standard InChI is InChI=1S/C14H14N2O2/c1-10-4-3-5-12(15-10)9-18-14-7-6-11(2)16-13(14)8-17/h3-8H,9H2,1-2H3. The molecule has 0 N–H and O–H groups in total. The van der Waals surface area contributed by atoms with Crippen LogP contribution in [0.25, 0.3) is 0 Å². The second-order valence-electron chi connectivity index (χ2n) is 4.01. The maximum absolute atomic E-state index is 10.9. The van der Waals surface area contributed by atoms with Gasteiger partial charge in [-0.1, -0.05) is 6.07 Å². The van der Waals surface area contributed by atoms with Crippen molar-refractivity contribution in [1.29, 1.82) is 0 Å². The third-order valence-corrected chi connectivity index (χ3v) is 2.46. The van der Waals surface area contributed by atoms with Gasteiger partial charge in [0.15, 0.2) is 6.29 Å². The van der Waals surface area contributed by atoms with Gasteiger partial charge < -0.3 is 4.74 Å². The van der Waals surface area contributed by atoms with Crippen molar-refractivity contribution in [3.8, 4) is 5.75 Å². The summed E-state index contributed by atoms with van der Waals surface area (Å²) < 4.78 is 5.57. The molecule has 0 saturated heterocycles. The number of aldehydes is 1. The van der Waals surface area contributed by atoms with Crippen LogP contribution in [0.2, 0.25) is 0 Å². The van der Waals surface area contributed by atoms with Crippen LogP contribution in [0.1, 0.15) is 27.6 Å². The first-order valence-electron chi connectivity index (χ1n) is 5.67. The lowest BCUT2D eigenvalue weighted by Gasteiger charge is -2.08. The van der Waals surface area contributed by atoms with Gasteiger partial charge in [-0.3, -0.25) is 9.78 Å². The van der Waals surface area contributed by atoms with E-state index in [-0.39, 0.29) is 0 Å². The summed E-state index contributed by atoms with van der Waals surface area (Å²) in [7, 11) is 0. The number of carbonyl (C=O) groups is 1. The van der Waals surface area contributed by atoms with E-state index in [0.717, 1.165) is 17.1 Å². The molecule has 4 heteroatoms. The molecule has 0 unspecified atom stereocenters. The fourth-order valence-corrected chi connectivity index (χ4v) is 1.60. The van der Waals surface area contributed by atoms with Crippen molar-refractivity contribution in [2.75, 3.05) is 0 Å². The number of hydrogen-bond acceptors (Lipinski definition) is 4. The molecule has 0 aromatic carbocycles. The Morgan fingerprint density at radius 1 is 1.11 bits per heavy atom. The summed E-state index contributed by atoms with van der Waals surface area (Å²) >= 11 is 0. The summed E-state index contributed by atoms with van der Waals surface area (Å²) in [5.74, 6) is 0.485. The monoisotopic (exact) mass is 242 g/mol. The van der Waals surface area contributed by atoms with E-state index in [9.17, 15) is 4.79 Å². The Morgan fingerprint density at radius 3 is 2.61 bits per heavy atom. The van der Waals surface area contributed by atoms with E-state index in [1.54, 1.807) is 6.07 Å². The van der Waals surface area contributed by atoms with E-state index >= 15 is 0 Å². The van der Waals surface area contributed by atoms with Gasteiger partial charge in [-0.2, -0.15) is 0 Å². The number of carbonyl (C=O) groups excluding carboxylic acids is 1. The molecule has 0 fully saturated rings. The highest BCUT2D eigenvalue weighted by molar-refractivity contribution is 5.76. The summed E-state index contributed by atoms with van der Waals surface area (Å²) in [5.41, 5.74) is 2.88. The van der Waals surface area contributed by atoms with E-state index < -0.39 is 0 Å². The second-order valence-corrected chi connectivity index (χ2v) is 4.01. The Hall–Kier alpha value is -2.23. The summed E-state index contributed by atoms with van der Waals surface area (Å²) in [6.07, 6.45) is 0.700. The Kier molecular flexibility index (Phi) is 3.67. The first-order valence-corrected chi connectivity index (χ1v) is 5.67. The Balaban J connectivity index is 2.13. The third-order valence-electron chi connectivity index (χ3n) is 2.46. The molecule has 0 atom stereocenters. The fraction of sp³-hybridized carbons (Fsp3) is 0.214. The Bertz CT molecular complexity index is 567. The van der Waals surface area contributed by atoms with Gasteiger partial charge in [0.2, 0.25) is 0 Å². The molecule has 2 heterocycles. The molecule has 0 bridgehead atoms. The molecule has 0 aliphatic carbocycles. The van der Waals surface area contributed by atoms with Gasteiger partial charge in [0.1, 0.15) is 18.1 Å². The minimum atomic E-state index is 0.322. The van der Waals surface area contributed by atoms with Crippen molar-refractivity contribution in [2.24, 2.45) is 0 Å². The van der Waals surface area contributed by atoms with Gasteiger partial charge in [0, 0.05) is 11.4 Å². The van der Waals surface area contributed by atoms with Crippen LogP contribution in [-0.4, -0.2) is 16.3 Å². The molecule has 4 nitrogen and oxygen atoms in total. The van der Waals surface area contributed by atoms with Crippen LogP contribution in [0.5, 0.6) is 5.75 Å². The smallest absolute Gasteiger partial charge is 0.172 e. The average molecular weight is 242 g/mol. The topological polar surface area (TPSA) is 52.1 Å². The predicted octanol–water partition coefficient (Wildman–Crippen LogP) is 2.48. The lowest BCUT2D eigenvalue weighted by Crippen LogP contribution is -2.02. The van der Waals surface area contributed by atoms with E-state index in [1.165, 1.54) is 0 Å². The van der Waals surface area contributed by atoms with Crippen LogP contribution in [0, 0.1) is 13.8 Å². The highest BCUT2D eigenvalue weighted by Gasteiger charge is 2.05. The van der Waals surface area contributed by atoms with Crippen LogP contribution in [0.15, 0.2) is 30.3 Å². The van der Waals surface area contributed by atoms with E-state index in [2.05, 4.69) is 9.97 Å². The first-order chi connectivity index (χ1) is 8.69. The van der Waals surface area contributed by atoms with E-state index in [0.29, 0.717) is 24.3 Å². The first kappa shape index (κ1) is 12.2. The number of hydrogen-bond donors (Lipinski definition) is 0. The molecule has 0 radical (unpaired) electrons. The second kappa shape index (κ2) is 5.40. The molecule has 2 aromatic rings. The van der Waals surface area contributed by atoms with Crippen LogP contribution in [0.3, 0.4) is 0 Å². The minimum Gasteiger partial charge on any atom is -0.485 e.